The number of thiazole rings is 1. The number of rotatable bonds is 5. The number of fused-ring (bicyclic) bond motifs is 1. The number of anilines is 1. The SMILES string of the molecule is CCOc1ccc2nc(NC(=O)/C=C/c3ccc(C(C)(C)C)cc3)sc2c1. The van der Waals surface area contributed by atoms with E-state index < -0.39 is 0 Å². The average molecular weight is 381 g/mol. The van der Waals surface area contributed by atoms with Crippen LogP contribution in [0.5, 0.6) is 5.75 Å². The number of hydrogen-bond acceptors (Lipinski definition) is 4. The van der Waals surface area contributed by atoms with E-state index in [-0.39, 0.29) is 11.3 Å². The van der Waals surface area contributed by atoms with Crippen molar-refractivity contribution in [3.8, 4) is 5.75 Å². The van der Waals surface area contributed by atoms with Gasteiger partial charge in [-0.3, -0.25) is 10.1 Å². The normalized spacial score (nSPS) is 11.9. The molecule has 1 N–H and O–H groups in total. The Balaban J connectivity index is 1.66. The molecule has 1 aromatic heterocycles. The van der Waals surface area contributed by atoms with E-state index in [1.54, 1.807) is 0 Å². The van der Waals surface area contributed by atoms with E-state index in [1.165, 1.54) is 23.0 Å². The zero-order valence-electron chi connectivity index (χ0n) is 16.1. The molecule has 1 heterocycles. The molecule has 0 fully saturated rings. The minimum atomic E-state index is -0.195. The van der Waals surface area contributed by atoms with Gasteiger partial charge < -0.3 is 4.74 Å². The summed E-state index contributed by atoms with van der Waals surface area (Å²) < 4.78 is 6.49. The first kappa shape index (κ1) is 19.1. The largest absolute Gasteiger partial charge is 0.494 e. The minimum absolute atomic E-state index is 0.120. The smallest absolute Gasteiger partial charge is 0.250 e. The maximum Gasteiger partial charge on any atom is 0.250 e. The number of nitrogens with zero attached hydrogens (tertiary/aromatic N) is 1. The Labute approximate surface area is 163 Å². The van der Waals surface area contributed by atoms with Crippen molar-refractivity contribution in [2.24, 2.45) is 0 Å². The highest BCUT2D eigenvalue weighted by Crippen LogP contribution is 2.29. The second kappa shape index (κ2) is 7.92. The lowest BCUT2D eigenvalue weighted by molar-refractivity contribution is -0.111. The molecule has 2 aromatic carbocycles. The number of ether oxygens (including phenoxy) is 1. The monoisotopic (exact) mass is 380 g/mol. The standard InChI is InChI=1S/C22H24N2O2S/c1-5-26-17-11-12-18-19(14-17)27-21(23-18)24-20(25)13-8-15-6-9-16(10-7-15)22(2,3)4/h6-14H,5H2,1-4H3,(H,23,24,25)/b13-8+. The summed E-state index contributed by atoms with van der Waals surface area (Å²) in [6, 6.07) is 14.0. The molecule has 1 amide bonds. The first-order valence-electron chi connectivity index (χ1n) is 8.98. The Morgan fingerprint density at radius 2 is 1.93 bits per heavy atom. The van der Waals surface area contributed by atoms with Crippen LogP contribution in [0.3, 0.4) is 0 Å². The molecule has 3 aromatic rings. The number of aromatic nitrogens is 1. The van der Waals surface area contributed by atoms with Crippen molar-refractivity contribution < 1.29 is 9.53 Å². The molecule has 5 heteroatoms. The molecule has 3 rings (SSSR count). The highest BCUT2D eigenvalue weighted by Gasteiger charge is 2.12. The number of nitrogens with one attached hydrogen (secondary N) is 1. The van der Waals surface area contributed by atoms with Crippen LogP contribution in [0.1, 0.15) is 38.8 Å². The van der Waals surface area contributed by atoms with Gasteiger partial charge in [0, 0.05) is 6.08 Å². The Kier molecular flexibility index (Phi) is 5.61. The topological polar surface area (TPSA) is 51.2 Å². The van der Waals surface area contributed by atoms with Crippen LogP contribution in [0, 0.1) is 0 Å². The van der Waals surface area contributed by atoms with Gasteiger partial charge >= 0.3 is 0 Å². The molecule has 0 unspecified atom stereocenters. The van der Waals surface area contributed by atoms with E-state index in [0.29, 0.717) is 11.7 Å². The van der Waals surface area contributed by atoms with E-state index in [2.05, 4.69) is 43.2 Å². The van der Waals surface area contributed by atoms with Crippen molar-refractivity contribution >= 4 is 38.7 Å². The molecule has 0 saturated carbocycles. The van der Waals surface area contributed by atoms with Crippen molar-refractivity contribution in [2.75, 3.05) is 11.9 Å². The fourth-order valence-corrected chi connectivity index (χ4v) is 3.53. The molecule has 0 aliphatic carbocycles. The second-order valence-corrected chi connectivity index (χ2v) is 8.31. The predicted molar refractivity (Wildman–Crippen MR) is 114 cm³/mol. The summed E-state index contributed by atoms with van der Waals surface area (Å²) in [4.78, 5) is 16.6. The molecular formula is C22H24N2O2S. The molecule has 140 valence electrons. The quantitative estimate of drug-likeness (QED) is 0.582. The number of amides is 1. The number of benzene rings is 2. The van der Waals surface area contributed by atoms with Gasteiger partial charge in [-0.15, -0.1) is 0 Å². The second-order valence-electron chi connectivity index (χ2n) is 7.28. The maximum absolute atomic E-state index is 12.2. The molecule has 0 spiro atoms. The van der Waals surface area contributed by atoms with E-state index in [0.717, 1.165) is 21.5 Å². The molecule has 0 atom stereocenters. The van der Waals surface area contributed by atoms with Crippen molar-refractivity contribution in [3.63, 3.8) is 0 Å². The summed E-state index contributed by atoms with van der Waals surface area (Å²) >= 11 is 1.44. The van der Waals surface area contributed by atoms with Crippen LogP contribution in [0.25, 0.3) is 16.3 Å². The van der Waals surface area contributed by atoms with Crippen LogP contribution in [0.4, 0.5) is 5.13 Å². The fourth-order valence-electron chi connectivity index (χ4n) is 2.63. The van der Waals surface area contributed by atoms with Gasteiger partial charge in [0.1, 0.15) is 5.75 Å². The van der Waals surface area contributed by atoms with Gasteiger partial charge in [-0.2, -0.15) is 0 Å². The third kappa shape index (κ3) is 4.95. The van der Waals surface area contributed by atoms with Gasteiger partial charge in [0.25, 0.3) is 0 Å². The van der Waals surface area contributed by atoms with Gasteiger partial charge in [0.2, 0.25) is 5.91 Å². The van der Waals surface area contributed by atoms with Gasteiger partial charge in [-0.05, 0) is 47.7 Å². The van der Waals surface area contributed by atoms with Crippen molar-refractivity contribution in [1.82, 2.24) is 4.98 Å². The lowest BCUT2D eigenvalue weighted by Gasteiger charge is -2.18. The minimum Gasteiger partial charge on any atom is -0.494 e. The van der Waals surface area contributed by atoms with E-state index in [1.807, 2.05) is 43.3 Å². The lowest BCUT2D eigenvalue weighted by atomic mass is 9.87. The summed E-state index contributed by atoms with van der Waals surface area (Å²) in [5, 5.41) is 3.41. The summed E-state index contributed by atoms with van der Waals surface area (Å²) in [5.74, 6) is 0.615. The summed E-state index contributed by atoms with van der Waals surface area (Å²) in [7, 11) is 0. The van der Waals surface area contributed by atoms with E-state index in [9.17, 15) is 4.79 Å². The van der Waals surface area contributed by atoms with Crippen LogP contribution in [-0.4, -0.2) is 17.5 Å². The van der Waals surface area contributed by atoms with Crippen LogP contribution < -0.4 is 10.1 Å². The fraction of sp³-hybridized carbons (Fsp3) is 0.273. The van der Waals surface area contributed by atoms with Crippen molar-refractivity contribution in [1.29, 1.82) is 0 Å². The maximum atomic E-state index is 12.2. The Morgan fingerprint density at radius 1 is 1.19 bits per heavy atom. The third-order valence-electron chi connectivity index (χ3n) is 4.10. The van der Waals surface area contributed by atoms with E-state index >= 15 is 0 Å². The molecule has 0 aliphatic rings. The number of hydrogen-bond donors (Lipinski definition) is 1. The highest BCUT2D eigenvalue weighted by atomic mass is 32.1. The summed E-state index contributed by atoms with van der Waals surface area (Å²) in [6.07, 6.45) is 3.34. The first-order valence-corrected chi connectivity index (χ1v) is 9.80. The Bertz CT molecular complexity index is 966. The molecule has 0 radical (unpaired) electrons. The lowest BCUT2D eigenvalue weighted by Crippen LogP contribution is -2.10. The van der Waals surface area contributed by atoms with Crippen LogP contribution in [0.2, 0.25) is 0 Å². The van der Waals surface area contributed by atoms with Crippen LogP contribution in [0.15, 0.2) is 48.5 Å². The predicted octanol–water partition coefficient (Wildman–Crippen LogP) is 5.64. The molecule has 0 aliphatic heterocycles. The van der Waals surface area contributed by atoms with Crippen LogP contribution in [-0.2, 0) is 10.2 Å². The van der Waals surface area contributed by atoms with Gasteiger partial charge in [-0.1, -0.05) is 56.4 Å². The summed E-state index contributed by atoms with van der Waals surface area (Å²) in [6.45, 7) is 9.11. The van der Waals surface area contributed by atoms with Crippen molar-refractivity contribution in [3.05, 3.63) is 59.7 Å². The third-order valence-corrected chi connectivity index (χ3v) is 5.04. The molecule has 4 nitrogen and oxygen atoms in total. The molecule has 0 saturated heterocycles. The van der Waals surface area contributed by atoms with E-state index in [4.69, 9.17) is 4.74 Å². The first-order chi connectivity index (χ1) is 12.8. The highest BCUT2D eigenvalue weighted by molar-refractivity contribution is 7.22. The van der Waals surface area contributed by atoms with Gasteiger partial charge in [0.05, 0.1) is 16.8 Å². The van der Waals surface area contributed by atoms with Crippen LogP contribution >= 0.6 is 11.3 Å². The van der Waals surface area contributed by atoms with Gasteiger partial charge in [-0.25, -0.2) is 4.98 Å². The zero-order valence-corrected chi connectivity index (χ0v) is 16.9. The van der Waals surface area contributed by atoms with Gasteiger partial charge in [0.15, 0.2) is 5.13 Å². The van der Waals surface area contributed by atoms with Crippen molar-refractivity contribution in [2.45, 2.75) is 33.1 Å². The summed E-state index contributed by atoms with van der Waals surface area (Å²) in [5.41, 5.74) is 3.23. The molecule has 27 heavy (non-hydrogen) atoms. The number of carbonyl (C=O) groups excluding carboxylic acids is 1. The number of carbonyl (C=O) groups is 1. The molecular weight excluding hydrogens is 356 g/mol. The zero-order chi connectivity index (χ0) is 19.4. The Morgan fingerprint density at radius 3 is 2.59 bits per heavy atom. The average Bonchev–Trinajstić information content (AvgIpc) is 3.01. The molecule has 0 bridgehead atoms. The Hall–Kier alpha value is -2.66.